The third-order valence-electron chi connectivity index (χ3n) is 4.24. The third kappa shape index (κ3) is 4.19. The molecular weight excluding hydrogens is 325 g/mol. The fraction of sp³-hybridized carbons (Fsp3) is 0.444. The number of aromatic nitrogens is 1. The topological polar surface area (TPSA) is 36.4 Å². The van der Waals surface area contributed by atoms with Crippen LogP contribution in [-0.4, -0.2) is 46.9 Å². The summed E-state index contributed by atoms with van der Waals surface area (Å²) in [6, 6.07) is 6.43. The minimum atomic E-state index is -0.232. The zero-order chi connectivity index (χ0) is 16.9. The number of amides is 1. The summed E-state index contributed by atoms with van der Waals surface area (Å²) in [7, 11) is 0. The van der Waals surface area contributed by atoms with Crippen molar-refractivity contribution in [2.75, 3.05) is 26.2 Å². The molecule has 0 radical (unpaired) electrons. The molecule has 1 aromatic heterocycles. The van der Waals surface area contributed by atoms with Gasteiger partial charge in [0.25, 0.3) is 0 Å². The van der Waals surface area contributed by atoms with Gasteiger partial charge in [0, 0.05) is 43.5 Å². The van der Waals surface area contributed by atoms with Gasteiger partial charge in [-0.15, -0.1) is 11.3 Å². The van der Waals surface area contributed by atoms with E-state index in [4.69, 9.17) is 0 Å². The lowest BCUT2D eigenvalue weighted by atomic mass is 10.2. The Morgan fingerprint density at radius 2 is 1.92 bits per heavy atom. The Kier molecular flexibility index (Phi) is 5.58. The van der Waals surface area contributed by atoms with Gasteiger partial charge in [-0.2, -0.15) is 0 Å². The van der Waals surface area contributed by atoms with Gasteiger partial charge in [-0.05, 0) is 30.7 Å². The van der Waals surface area contributed by atoms with Crippen molar-refractivity contribution in [3.8, 4) is 11.3 Å². The predicted molar refractivity (Wildman–Crippen MR) is 94.3 cm³/mol. The second-order valence-electron chi connectivity index (χ2n) is 6.04. The van der Waals surface area contributed by atoms with Gasteiger partial charge in [0.05, 0.1) is 12.2 Å². The molecular formula is C18H22FN3OS. The maximum Gasteiger partial charge on any atom is 0.222 e. The molecule has 0 aliphatic carbocycles. The Balaban J connectivity index is 1.54. The Morgan fingerprint density at radius 3 is 2.58 bits per heavy atom. The van der Waals surface area contributed by atoms with Crippen molar-refractivity contribution < 1.29 is 9.18 Å². The summed E-state index contributed by atoms with van der Waals surface area (Å²) in [6.07, 6.45) is 1.55. The van der Waals surface area contributed by atoms with E-state index in [0.29, 0.717) is 6.42 Å². The molecule has 24 heavy (non-hydrogen) atoms. The molecule has 0 atom stereocenters. The maximum absolute atomic E-state index is 13.0. The van der Waals surface area contributed by atoms with Gasteiger partial charge in [0.1, 0.15) is 10.8 Å². The monoisotopic (exact) mass is 347 g/mol. The van der Waals surface area contributed by atoms with E-state index in [9.17, 15) is 9.18 Å². The van der Waals surface area contributed by atoms with E-state index < -0.39 is 0 Å². The van der Waals surface area contributed by atoms with Crippen molar-refractivity contribution in [2.24, 2.45) is 0 Å². The summed E-state index contributed by atoms with van der Waals surface area (Å²) in [5.41, 5.74) is 1.83. The quantitative estimate of drug-likeness (QED) is 0.832. The van der Waals surface area contributed by atoms with Crippen LogP contribution < -0.4 is 0 Å². The highest BCUT2D eigenvalue weighted by Gasteiger charge is 2.21. The maximum atomic E-state index is 13.0. The minimum Gasteiger partial charge on any atom is -0.340 e. The lowest BCUT2D eigenvalue weighted by Gasteiger charge is -2.34. The highest BCUT2D eigenvalue weighted by atomic mass is 32.1. The van der Waals surface area contributed by atoms with Gasteiger partial charge in [0.15, 0.2) is 0 Å². The number of halogens is 1. The molecule has 1 saturated heterocycles. The van der Waals surface area contributed by atoms with Crippen LogP contribution in [0.2, 0.25) is 0 Å². The van der Waals surface area contributed by atoms with Gasteiger partial charge in [-0.1, -0.05) is 6.92 Å². The van der Waals surface area contributed by atoms with E-state index in [1.54, 1.807) is 23.5 Å². The summed E-state index contributed by atoms with van der Waals surface area (Å²) >= 11 is 1.63. The molecule has 1 aliphatic heterocycles. The normalized spacial score (nSPS) is 15.7. The highest BCUT2D eigenvalue weighted by molar-refractivity contribution is 7.09. The number of thiazole rings is 1. The molecule has 0 bridgehead atoms. The van der Waals surface area contributed by atoms with E-state index in [1.807, 2.05) is 17.2 Å². The van der Waals surface area contributed by atoms with Crippen LogP contribution in [0.1, 0.15) is 24.8 Å². The lowest BCUT2D eigenvalue weighted by Crippen LogP contribution is -2.48. The summed E-state index contributed by atoms with van der Waals surface area (Å²) in [5, 5.41) is 3.08. The van der Waals surface area contributed by atoms with Gasteiger partial charge in [0.2, 0.25) is 5.91 Å². The van der Waals surface area contributed by atoms with E-state index >= 15 is 0 Å². The van der Waals surface area contributed by atoms with Crippen LogP contribution in [0.4, 0.5) is 4.39 Å². The van der Waals surface area contributed by atoms with Crippen molar-refractivity contribution in [1.29, 1.82) is 0 Å². The summed E-state index contributed by atoms with van der Waals surface area (Å²) < 4.78 is 13.0. The number of piperazine rings is 1. The molecule has 1 amide bonds. The van der Waals surface area contributed by atoms with E-state index in [-0.39, 0.29) is 11.7 Å². The first-order valence-corrected chi connectivity index (χ1v) is 9.24. The molecule has 2 aromatic rings. The van der Waals surface area contributed by atoms with Crippen LogP contribution in [0, 0.1) is 5.82 Å². The Hall–Kier alpha value is -1.79. The van der Waals surface area contributed by atoms with Gasteiger partial charge >= 0.3 is 0 Å². The number of rotatable bonds is 5. The van der Waals surface area contributed by atoms with E-state index in [0.717, 1.165) is 55.4 Å². The van der Waals surface area contributed by atoms with E-state index in [2.05, 4.69) is 9.88 Å². The Bertz CT molecular complexity index is 678. The molecule has 4 nitrogen and oxygen atoms in total. The van der Waals surface area contributed by atoms with Crippen molar-refractivity contribution in [3.05, 3.63) is 40.5 Å². The molecule has 0 spiro atoms. The fourth-order valence-corrected chi connectivity index (χ4v) is 3.70. The molecule has 1 aromatic carbocycles. The minimum absolute atomic E-state index is 0.232. The predicted octanol–water partition coefficient (Wildman–Crippen LogP) is 3.39. The molecule has 0 N–H and O–H groups in total. The standard InChI is InChI=1S/C18H22FN3OS/c1-2-3-18(23)22-10-8-21(9-11-22)12-17-20-16(13-24-17)14-4-6-15(19)7-5-14/h4-7,13H,2-3,8-12H2,1H3. The van der Waals surface area contributed by atoms with Gasteiger partial charge in [-0.25, -0.2) is 9.37 Å². The molecule has 1 fully saturated rings. The molecule has 1 aliphatic rings. The second-order valence-corrected chi connectivity index (χ2v) is 6.98. The number of carbonyl (C=O) groups is 1. The number of hydrogen-bond acceptors (Lipinski definition) is 4. The van der Waals surface area contributed by atoms with Crippen LogP contribution in [-0.2, 0) is 11.3 Å². The zero-order valence-electron chi connectivity index (χ0n) is 13.9. The molecule has 0 saturated carbocycles. The van der Waals surface area contributed by atoms with E-state index in [1.165, 1.54) is 12.1 Å². The van der Waals surface area contributed by atoms with Crippen LogP contribution >= 0.6 is 11.3 Å². The fourth-order valence-electron chi connectivity index (χ4n) is 2.86. The lowest BCUT2D eigenvalue weighted by molar-refractivity contribution is -0.133. The average molecular weight is 347 g/mol. The number of hydrogen-bond donors (Lipinski definition) is 0. The summed E-state index contributed by atoms with van der Waals surface area (Å²) in [6.45, 7) is 6.23. The average Bonchev–Trinajstić information content (AvgIpc) is 3.05. The Morgan fingerprint density at radius 1 is 1.21 bits per heavy atom. The van der Waals surface area contributed by atoms with Crippen LogP contribution in [0.5, 0.6) is 0 Å². The number of carbonyl (C=O) groups excluding carboxylic acids is 1. The highest BCUT2D eigenvalue weighted by Crippen LogP contribution is 2.23. The number of nitrogens with zero attached hydrogens (tertiary/aromatic N) is 3. The first-order chi connectivity index (χ1) is 11.7. The van der Waals surface area contributed by atoms with Gasteiger partial charge in [-0.3, -0.25) is 9.69 Å². The number of benzene rings is 1. The largest absolute Gasteiger partial charge is 0.340 e. The smallest absolute Gasteiger partial charge is 0.222 e. The van der Waals surface area contributed by atoms with Crippen molar-refractivity contribution >= 4 is 17.2 Å². The van der Waals surface area contributed by atoms with Crippen molar-refractivity contribution in [3.63, 3.8) is 0 Å². The van der Waals surface area contributed by atoms with Crippen LogP contribution in [0.15, 0.2) is 29.6 Å². The van der Waals surface area contributed by atoms with Crippen LogP contribution in [0.25, 0.3) is 11.3 Å². The first-order valence-electron chi connectivity index (χ1n) is 8.36. The molecule has 0 unspecified atom stereocenters. The molecule has 3 rings (SSSR count). The van der Waals surface area contributed by atoms with Gasteiger partial charge < -0.3 is 4.90 Å². The zero-order valence-corrected chi connectivity index (χ0v) is 14.7. The first kappa shape index (κ1) is 17.0. The second kappa shape index (κ2) is 7.85. The summed E-state index contributed by atoms with van der Waals surface area (Å²) in [5.74, 6) is 0.0367. The molecule has 128 valence electrons. The van der Waals surface area contributed by atoms with Crippen LogP contribution in [0.3, 0.4) is 0 Å². The third-order valence-corrected chi connectivity index (χ3v) is 5.07. The SMILES string of the molecule is CCCC(=O)N1CCN(Cc2nc(-c3ccc(F)cc3)cs2)CC1. The van der Waals surface area contributed by atoms with Crippen molar-refractivity contribution in [2.45, 2.75) is 26.3 Å². The molecule has 2 heterocycles. The molecule has 6 heteroatoms. The summed E-state index contributed by atoms with van der Waals surface area (Å²) in [4.78, 5) is 20.9. The Labute approximate surface area is 145 Å². The van der Waals surface area contributed by atoms with Crippen molar-refractivity contribution in [1.82, 2.24) is 14.8 Å².